The molecule has 0 saturated carbocycles. The van der Waals surface area contributed by atoms with Crippen LogP contribution in [-0.2, 0) is 19.5 Å². The van der Waals surface area contributed by atoms with E-state index < -0.39 is 0 Å². The summed E-state index contributed by atoms with van der Waals surface area (Å²) in [4.78, 5) is 2.48. The van der Waals surface area contributed by atoms with Gasteiger partial charge in [-0.25, -0.2) is 0 Å². The van der Waals surface area contributed by atoms with Crippen molar-refractivity contribution in [1.29, 1.82) is 0 Å². The highest BCUT2D eigenvalue weighted by Gasteiger charge is 2.24. The lowest BCUT2D eigenvalue weighted by Crippen LogP contribution is -2.28. The molecule has 116 valence electrons. The molecule has 0 amide bonds. The monoisotopic (exact) mass is 353 g/mol. The maximum Gasteiger partial charge on any atom is 0.0595 e. The molecule has 22 heavy (non-hydrogen) atoms. The first-order chi connectivity index (χ1) is 10.5. The van der Waals surface area contributed by atoms with Crippen molar-refractivity contribution in [2.45, 2.75) is 38.9 Å². The van der Waals surface area contributed by atoms with Crippen LogP contribution in [0.5, 0.6) is 0 Å². The minimum Gasteiger partial charge on any atom is -0.292 e. The van der Waals surface area contributed by atoms with Crippen LogP contribution in [0.1, 0.15) is 30.0 Å². The lowest BCUT2D eigenvalue weighted by Gasteiger charge is -2.23. The molecular formula is C18H18Cl3N. The molecule has 1 nitrogen and oxygen atoms in total. The van der Waals surface area contributed by atoms with Gasteiger partial charge in [-0.15, -0.1) is 0 Å². The van der Waals surface area contributed by atoms with Gasteiger partial charge in [0.05, 0.1) is 10.0 Å². The van der Waals surface area contributed by atoms with E-state index in [0.29, 0.717) is 16.1 Å². The molecule has 1 aliphatic rings. The van der Waals surface area contributed by atoms with E-state index in [0.717, 1.165) is 31.0 Å². The summed E-state index contributed by atoms with van der Waals surface area (Å²) in [7, 11) is 0. The maximum atomic E-state index is 6.29. The Hall–Kier alpha value is -0.730. The highest BCUT2D eigenvalue weighted by Crippen LogP contribution is 2.31. The van der Waals surface area contributed by atoms with E-state index in [4.69, 9.17) is 34.8 Å². The maximum absolute atomic E-state index is 6.29. The average molecular weight is 355 g/mol. The fourth-order valence-electron chi connectivity index (χ4n) is 2.97. The van der Waals surface area contributed by atoms with Crippen LogP contribution in [-0.4, -0.2) is 10.9 Å². The number of halogens is 3. The molecule has 2 aromatic carbocycles. The molecule has 0 fully saturated rings. The number of rotatable bonds is 4. The van der Waals surface area contributed by atoms with Crippen LogP contribution in [0.2, 0.25) is 15.1 Å². The number of hydrogen-bond acceptors (Lipinski definition) is 1. The predicted molar refractivity (Wildman–Crippen MR) is 94.9 cm³/mol. The van der Waals surface area contributed by atoms with Crippen LogP contribution in [0.15, 0.2) is 36.4 Å². The summed E-state index contributed by atoms with van der Waals surface area (Å²) in [5.74, 6) is 0. The van der Waals surface area contributed by atoms with Crippen LogP contribution in [0.25, 0.3) is 0 Å². The average Bonchev–Trinajstić information content (AvgIpc) is 2.94. The quantitative estimate of drug-likeness (QED) is 0.652. The second kappa shape index (κ2) is 6.80. The fourth-order valence-corrected chi connectivity index (χ4v) is 3.55. The molecular weight excluding hydrogens is 337 g/mol. The van der Waals surface area contributed by atoms with Gasteiger partial charge in [0.2, 0.25) is 0 Å². The molecule has 0 radical (unpaired) electrons. The Labute approximate surface area is 146 Å². The SMILES string of the molecule is C[C@H](CCc1ccc(Cl)c(Cl)c1)N1Cc2cccc(Cl)c2C1. The summed E-state index contributed by atoms with van der Waals surface area (Å²) in [6, 6.07) is 12.6. The van der Waals surface area contributed by atoms with Crippen molar-refractivity contribution in [2.24, 2.45) is 0 Å². The Morgan fingerprint density at radius 3 is 2.55 bits per heavy atom. The van der Waals surface area contributed by atoms with Crippen molar-refractivity contribution in [3.05, 3.63) is 68.2 Å². The largest absolute Gasteiger partial charge is 0.292 e. The standard InChI is InChI=1S/C18H18Cl3N/c1-12(5-6-13-7-8-17(20)18(21)9-13)22-10-14-3-2-4-16(19)15(14)11-22/h2-4,7-9,12H,5-6,10-11H2,1H3/t12-/m1/s1. The molecule has 0 unspecified atom stereocenters. The van der Waals surface area contributed by atoms with Gasteiger partial charge in [0.25, 0.3) is 0 Å². The third kappa shape index (κ3) is 3.44. The number of aryl methyl sites for hydroxylation is 1. The van der Waals surface area contributed by atoms with Gasteiger partial charge in [0.15, 0.2) is 0 Å². The molecule has 1 atom stereocenters. The van der Waals surface area contributed by atoms with Gasteiger partial charge in [-0.1, -0.05) is 53.0 Å². The summed E-state index contributed by atoms with van der Waals surface area (Å²) in [5.41, 5.74) is 3.87. The summed E-state index contributed by atoms with van der Waals surface area (Å²) in [6.07, 6.45) is 2.09. The molecule has 4 heteroatoms. The molecule has 1 heterocycles. The lowest BCUT2D eigenvalue weighted by atomic mass is 10.1. The minimum absolute atomic E-state index is 0.498. The highest BCUT2D eigenvalue weighted by molar-refractivity contribution is 6.42. The topological polar surface area (TPSA) is 3.24 Å². The summed E-state index contributed by atoms with van der Waals surface area (Å²) in [6.45, 7) is 4.20. The Morgan fingerprint density at radius 1 is 1.00 bits per heavy atom. The van der Waals surface area contributed by atoms with E-state index in [1.807, 2.05) is 24.3 Å². The minimum atomic E-state index is 0.498. The van der Waals surface area contributed by atoms with Crippen LogP contribution < -0.4 is 0 Å². The smallest absolute Gasteiger partial charge is 0.0595 e. The van der Waals surface area contributed by atoms with Gasteiger partial charge in [0, 0.05) is 24.2 Å². The van der Waals surface area contributed by atoms with Crippen molar-refractivity contribution in [3.8, 4) is 0 Å². The van der Waals surface area contributed by atoms with Gasteiger partial charge in [-0.2, -0.15) is 0 Å². The zero-order valence-corrected chi connectivity index (χ0v) is 14.7. The number of hydrogen-bond donors (Lipinski definition) is 0. The lowest BCUT2D eigenvalue weighted by molar-refractivity contribution is 0.203. The van der Waals surface area contributed by atoms with E-state index in [1.54, 1.807) is 0 Å². The second-order valence-corrected chi connectivity index (χ2v) is 7.14. The molecule has 1 aliphatic heterocycles. The van der Waals surface area contributed by atoms with Crippen molar-refractivity contribution in [1.82, 2.24) is 4.90 Å². The van der Waals surface area contributed by atoms with Crippen molar-refractivity contribution in [2.75, 3.05) is 0 Å². The molecule has 0 bridgehead atoms. The summed E-state index contributed by atoms with van der Waals surface area (Å²) >= 11 is 18.3. The van der Waals surface area contributed by atoms with E-state index in [1.165, 1.54) is 16.7 Å². The molecule has 3 rings (SSSR count). The van der Waals surface area contributed by atoms with E-state index in [9.17, 15) is 0 Å². The molecule has 0 aliphatic carbocycles. The van der Waals surface area contributed by atoms with Crippen LogP contribution in [0, 0.1) is 0 Å². The van der Waals surface area contributed by atoms with Gasteiger partial charge < -0.3 is 0 Å². The van der Waals surface area contributed by atoms with Crippen molar-refractivity contribution in [3.63, 3.8) is 0 Å². The van der Waals surface area contributed by atoms with Gasteiger partial charge in [-0.3, -0.25) is 4.90 Å². The first-order valence-corrected chi connectivity index (χ1v) is 8.62. The van der Waals surface area contributed by atoms with E-state index in [-0.39, 0.29) is 0 Å². The Morgan fingerprint density at radius 2 is 1.82 bits per heavy atom. The summed E-state index contributed by atoms with van der Waals surface area (Å²) < 4.78 is 0. The molecule has 0 aromatic heterocycles. The molecule has 2 aromatic rings. The number of benzene rings is 2. The first-order valence-electron chi connectivity index (χ1n) is 7.49. The molecule has 0 saturated heterocycles. The molecule has 0 spiro atoms. The van der Waals surface area contributed by atoms with Crippen molar-refractivity contribution < 1.29 is 0 Å². The van der Waals surface area contributed by atoms with E-state index >= 15 is 0 Å². The number of fused-ring (bicyclic) bond motifs is 1. The third-order valence-corrected chi connectivity index (χ3v) is 5.50. The Kier molecular flexibility index (Phi) is 4.99. The predicted octanol–water partition coefficient (Wildman–Crippen LogP) is 5.98. The highest BCUT2D eigenvalue weighted by atomic mass is 35.5. The van der Waals surface area contributed by atoms with Gasteiger partial charge in [-0.05, 0) is 54.7 Å². The zero-order chi connectivity index (χ0) is 15.7. The van der Waals surface area contributed by atoms with Gasteiger partial charge in [0.1, 0.15) is 0 Å². The molecule has 0 N–H and O–H groups in total. The third-order valence-electron chi connectivity index (χ3n) is 4.41. The number of nitrogens with zero attached hydrogens (tertiary/aromatic N) is 1. The van der Waals surface area contributed by atoms with Crippen LogP contribution in [0.4, 0.5) is 0 Å². The van der Waals surface area contributed by atoms with Gasteiger partial charge >= 0.3 is 0 Å². The first kappa shape index (κ1) is 16.1. The zero-order valence-electron chi connectivity index (χ0n) is 12.5. The van der Waals surface area contributed by atoms with Crippen molar-refractivity contribution >= 4 is 34.8 Å². The van der Waals surface area contributed by atoms with Crippen LogP contribution in [0.3, 0.4) is 0 Å². The Balaban J connectivity index is 1.60. The van der Waals surface area contributed by atoms with E-state index in [2.05, 4.69) is 24.0 Å². The summed E-state index contributed by atoms with van der Waals surface area (Å²) in [5, 5.41) is 2.13. The van der Waals surface area contributed by atoms with Crippen LogP contribution >= 0.6 is 34.8 Å². The second-order valence-electron chi connectivity index (χ2n) is 5.92. The normalized spacial score (nSPS) is 15.8. The fraction of sp³-hybridized carbons (Fsp3) is 0.333. The Bertz CT molecular complexity index is 684.